The van der Waals surface area contributed by atoms with Crippen LogP contribution in [0.2, 0.25) is 5.02 Å². The molecule has 1 aromatic carbocycles. The fourth-order valence-corrected chi connectivity index (χ4v) is 1.71. The number of nitrogens with two attached hydrogens (primary N) is 1. The Labute approximate surface area is 100 Å². The van der Waals surface area contributed by atoms with E-state index in [1.165, 1.54) is 12.8 Å². The van der Waals surface area contributed by atoms with E-state index in [9.17, 15) is 0 Å². The van der Waals surface area contributed by atoms with Gasteiger partial charge in [-0.15, -0.1) is 0 Å². The first kappa shape index (κ1) is 11.7. The smallest absolute Gasteiger partial charge is 0.137 e. The van der Waals surface area contributed by atoms with Crippen molar-refractivity contribution in [3.8, 4) is 5.75 Å². The summed E-state index contributed by atoms with van der Waals surface area (Å²) in [6.45, 7) is 0.656. The zero-order chi connectivity index (χ0) is 11.5. The van der Waals surface area contributed by atoms with E-state index in [2.05, 4.69) is 0 Å². The Hall–Kier alpha value is -0.770. The lowest BCUT2D eigenvalue weighted by Crippen LogP contribution is -2.14. The van der Waals surface area contributed by atoms with Crippen LogP contribution >= 0.6 is 11.6 Å². The van der Waals surface area contributed by atoms with Crippen molar-refractivity contribution < 1.29 is 9.84 Å². The minimum atomic E-state index is -0.380. The fourth-order valence-electron chi connectivity index (χ4n) is 1.46. The molecule has 1 atom stereocenters. The minimum absolute atomic E-state index is 0.0847. The molecule has 2 rings (SSSR count). The lowest BCUT2D eigenvalue weighted by molar-refractivity contribution is 0.267. The molecule has 3 N–H and O–H groups in total. The van der Waals surface area contributed by atoms with Crippen molar-refractivity contribution in [3.63, 3.8) is 0 Å². The van der Waals surface area contributed by atoms with E-state index in [0.717, 1.165) is 12.2 Å². The van der Waals surface area contributed by atoms with Gasteiger partial charge in [-0.2, -0.15) is 0 Å². The molecule has 4 heteroatoms. The molecule has 0 aliphatic heterocycles. The predicted molar refractivity (Wildman–Crippen MR) is 63.7 cm³/mol. The molecule has 0 saturated heterocycles. The van der Waals surface area contributed by atoms with Crippen LogP contribution in [0.15, 0.2) is 18.2 Å². The Bertz CT molecular complexity index is 366. The highest BCUT2D eigenvalue weighted by Gasteiger charge is 2.22. The molecule has 0 radical (unpaired) electrons. The van der Waals surface area contributed by atoms with E-state index in [0.29, 0.717) is 16.7 Å². The van der Waals surface area contributed by atoms with Crippen LogP contribution in [-0.2, 0) is 0 Å². The third-order valence-corrected chi connectivity index (χ3v) is 3.05. The fraction of sp³-hybridized carbons (Fsp3) is 0.500. The molecule has 1 aliphatic carbocycles. The van der Waals surface area contributed by atoms with Crippen LogP contribution in [0, 0.1) is 5.92 Å². The molecule has 88 valence electrons. The summed E-state index contributed by atoms with van der Waals surface area (Å²) in [5.74, 6) is 1.40. The monoisotopic (exact) mass is 241 g/mol. The Morgan fingerprint density at radius 3 is 2.81 bits per heavy atom. The molecular weight excluding hydrogens is 226 g/mol. The maximum absolute atomic E-state index is 8.93. The quantitative estimate of drug-likeness (QED) is 0.830. The largest absolute Gasteiger partial charge is 0.492 e. The van der Waals surface area contributed by atoms with Crippen molar-refractivity contribution in [1.29, 1.82) is 0 Å². The van der Waals surface area contributed by atoms with E-state index in [-0.39, 0.29) is 12.6 Å². The van der Waals surface area contributed by atoms with Gasteiger partial charge in [0, 0.05) is 0 Å². The summed E-state index contributed by atoms with van der Waals surface area (Å²) in [7, 11) is 0. The molecular formula is C12H16ClNO2. The summed E-state index contributed by atoms with van der Waals surface area (Å²) in [5.41, 5.74) is 6.52. The SMILES string of the molecule is NC(CO)c1ccc(OCC2CC2)c(Cl)c1. The van der Waals surface area contributed by atoms with Gasteiger partial charge in [0.15, 0.2) is 0 Å². The standard InChI is InChI=1S/C12H16ClNO2/c13-10-5-9(11(14)6-15)3-4-12(10)16-7-8-1-2-8/h3-5,8,11,15H,1-2,6-7,14H2. The molecule has 1 aromatic rings. The molecule has 0 bridgehead atoms. The molecule has 0 amide bonds. The summed E-state index contributed by atoms with van der Waals surface area (Å²) >= 11 is 6.07. The van der Waals surface area contributed by atoms with Gasteiger partial charge >= 0.3 is 0 Å². The third kappa shape index (κ3) is 2.88. The summed E-state index contributed by atoms with van der Waals surface area (Å²) in [5, 5.41) is 9.49. The van der Waals surface area contributed by atoms with Crippen molar-refractivity contribution in [2.24, 2.45) is 11.7 Å². The second kappa shape index (κ2) is 5.04. The Morgan fingerprint density at radius 2 is 2.25 bits per heavy atom. The number of halogens is 1. The topological polar surface area (TPSA) is 55.5 Å². The zero-order valence-corrected chi connectivity index (χ0v) is 9.78. The van der Waals surface area contributed by atoms with Crippen LogP contribution < -0.4 is 10.5 Å². The van der Waals surface area contributed by atoms with E-state index in [4.69, 9.17) is 27.2 Å². The van der Waals surface area contributed by atoms with Gasteiger partial charge in [0.05, 0.1) is 24.3 Å². The van der Waals surface area contributed by atoms with Gasteiger partial charge in [-0.25, -0.2) is 0 Å². The molecule has 0 aromatic heterocycles. The molecule has 0 heterocycles. The zero-order valence-electron chi connectivity index (χ0n) is 9.03. The number of ether oxygens (including phenoxy) is 1. The van der Waals surface area contributed by atoms with Gasteiger partial charge in [0.1, 0.15) is 5.75 Å². The molecule has 1 aliphatic rings. The Balaban J connectivity index is 2.02. The molecule has 3 nitrogen and oxygen atoms in total. The highest BCUT2D eigenvalue weighted by atomic mass is 35.5. The van der Waals surface area contributed by atoms with Crippen LogP contribution in [0.3, 0.4) is 0 Å². The summed E-state index contributed by atoms with van der Waals surface area (Å²) < 4.78 is 5.59. The Morgan fingerprint density at radius 1 is 1.50 bits per heavy atom. The summed E-state index contributed by atoms with van der Waals surface area (Å²) in [4.78, 5) is 0. The maximum Gasteiger partial charge on any atom is 0.137 e. The van der Waals surface area contributed by atoms with Crippen molar-refractivity contribution >= 4 is 11.6 Å². The number of hydrogen-bond acceptors (Lipinski definition) is 3. The van der Waals surface area contributed by atoms with Crippen LogP contribution in [0.5, 0.6) is 5.75 Å². The lowest BCUT2D eigenvalue weighted by Gasteiger charge is -2.12. The van der Waals surface area contributed by atoms with E-state index < -0.39 is 0 Å². The summed E-state index contributed by atoms with van der Waals surface area (Å²) in [6, 6.07) is 5.03. The second-order valence-electron chi connectivity index (χ2n) is 4.23. The van der Waals surface area contributed by atoms with Crippen LogP contribution in [0.25, 0.3) is 0 Å². The lowest BCUT2D eigenvalue weighted by atomic mass is 10.1. The van der Waals surface area contributed by atoms with Crippen LogP contribution in [-0.4, -0.2) is 18.3 Å². The number of aliphatic hydroxyl groups is 1. The van der Waals surface area contributed by atoms with Crippen LogP contribution in [0.4, 0.5) is 0 Å². The first-order chi connectivity index (χ1) is 7.70. The minimum Gasteiger partial charge on any atom is -0.492 e. The molecule has 0 spiro atoms. The third-order valence-electron chi connectivity index (χ3n) is 2.75. The van der Waals surface area contributed by atoms with Gasteiger partial charge in [0.2, 0.25) is 0 Å². The highest BCUT2D eigenvalue weighted by molar-refractivity contribution is 6.32. The van der Waals surface area contributed by atoms with Gasteiger partial charge in [-0.05, 0) is 36.5 Å². The predicted octanol–water partition coefficient (Wildman–Crippen LogP) is 2.12. The normalized spacial score (nSPS) is 17.2. The van der Waals surface area contributed by atoms with Gasteiger partial charge in [-0.1, -0.05) is 17.7 Å². The Kier molecular flexibility index (Phi) is 3.69. The first-order valence-corrected chi connectivity index (χ1v) is 5.87. The average molecular weight is 242 g/mol. The van der Waals surface area contributed by atoms with Gasteiger partial charge < -0.3 is 15.6 Å². The van der Waals surface area contributed by atoms with E-state index in [1.807, 2.05) is 12.1 Å². The molecule has 1 unspecified atom stereocenters. The van der Waals surface area contributed by atoms with Gasteiger partial charge in [-0.3, -0.25) is 0 Å². The first-order valence-electron chi connectivity index (χ1n) is 5.49. The van der Waals surface area contributed by atoms with Crippen molar-refractivity contribution in [1.82, 2.24) is 0 Å². The number of rotatable bonds is 5. The second-order valence-corrected chi connectivity index (χ2v) is 4.64. The molecule has 16 heavy (non-hydrogen) atoms. The maximum atomic E-state index is 8.93. The molecule has 1 saturated carbocycles. The molecule has 1 fully saturated rings. The van der Waals surface area contributed by atoms with E-state index in [1.54, 1.807) is 6.07 Å². The van der Waals surface area contributed by atoms with Crippen molar-refractivity contribution in [3.05, 3.63) is 28.8 Å². The number of benzene rings is 1. The number of hydrogen-bond donors (Lipinski definition) is 2. The number of aliphatic hydroxyl groups excluding tert-OH is 1. The van der Waals surface area contributed by atoms with Crippen molar-refractivity contribution in [2.75, 3.05) is 13.2 Å². The van der Waals surface area contributed by atoms with E-state index >= 15 is 0 Å². The highest BCUT2D eigenvalue weighted by Crippen LogP contribution is 2.32. The average Bonchev–Trinajstić information content (AvgIpc) is 3.10. The van der Waals surface area contributed by atoms with Crippen molar-refractivity contribution in [2.45, 2.75) is 18.9 Å². The summed E-state index contributed by atoms with van der Waals surface area (Å²) in [6.07, 6.45) is 2.51. The van der Waals surface area contributed by atoms with Crippen LogP contribution in [0.1, 0.15) is 24.4 Å². The van der Waals surface area contributed by atoms with Gasteiger partial charge in [0.25, 0.3) is 0 Å².